The third-order valence-corrected chi connectivity index (χ3v) is 2.45. The highest BCUT2D eigenvalue weighted by Crippen LogP contribution is 2.29. The zero-order chi connectivity index (χ0) is 12.1. The maximum atomic E-state index is 11.8. The number of nitrogens with one attached hydrogen (secondary N) is 1. The zero-order valence-electron chi connectivity index (χ0n) is 10.3. The molecule has 0 radical (unpaired) electrons. The molecule has 0 fully saturated rings. The summed E-state index contributed by atoms with van der Waals surface area (Å²) in [7, 11) is 1.60. The normalized spacial score (nSPS) is 10.3. The number of para-hydroxylation sites is 1. The number of hydrogen-bond donors (Lipinski definition) is 1. The van der Waals surface area contributed by atoms with E-state index in [0.29, 0.717) is 23.8 Å². The molecular weight excluding hydrogens is 202 g/mol. The average molecular weight is 221 g/mol. The molecule has 0 aliphatic heterocycles. The summed E-state index contributed by atoms with van der Waals surface area (Å²) in [6.07, 6.45) is 0. The summed E-state index contributed by atoms with van der Waals surface area (Å²) < 4.78 is 5.34. The van der Waals surface area contributed by atoms with Crippen LogP contribution in [0.3, 0.4) is 0 Å². The average Bonchev–Trinajstić information content (AvgIpc) is 2.28. The lowest BCUT2D eigenvalue weighted by Crippen LogP contribution is -2.23. The van der Waals surface area contributed by atoms with Gasteiger partial charge in [-0.3, -0.25) is 4.79 Å². The Morgan fingerprint density at radius 3 is 2.62 bits per heavy atom. The largest absolute Gasteiger partial charge is 0.496 e. The van der Waals surface area contributed by atoms with Gasteiger partial charge in [0.05, 0.1) is 12.7 Å². The van der Waals surface area contributed by atoms with Crippen LogP contribution in [-0.2, 0) is 0 Å². The second kappa shape index (κ2) is 5.54. The van der Waals surface area contributed by atoms with Gasteiger partial charge in [-0.15, -0.1) is 0 Å². The molecule has 0 heterocycles. The molecule has 0 spiro atoms. The first-order chi connectivity index (χ1) is 7.61. The van der Waals surface area contributed by atoms with Crippen LogP contribution in [0.5, 0.6) is 5.75 Å². The van der Waals surface area contributed by atoms with Crippen LogP contribution in [0.15, 0.2) is 18.2 Å². The highest BCUT2D eigenvalue weighted by molar-refractivity contribution is 5.97. The van der Waals surface area contributed by atoms with E-state index < -0.39 is 0 Å². The fraction of sp³-hybridized carbons (Fsp3) is 0.462. The van der Waals surface area contributed by atoms with Crippen molar-refractivity contribution in [2.75, 3.05) is 13.7 Å². The highest BCUT2D eigenvalue weighted by Gasteiger charge is 2.16. The summed E-state index contributed by atoms with van der Waals surface area (Å²) in [4.78, 5) is 11.8. The lowest BCUT2D eigenvalue weighted by atomic mass is 9.99. The molecule has 88 valence electrons. The van der Waals surface area contributed by atoms with Crippen LogP contribution in [0.4, 0.5) is 0 Å². The molecular formula is C13H19NO2. The molecule has 1 N–H and O–H groups in total. The van der Waals surface area contributed by atoms with Crippen molar-refractivity contribution in [3.63, 3.8) is 0 Å². The Morgan fingerprint density at radius 2 is 2.12 bits per heavy atom. The number of methoxy groups -OCH3 is 1. The Kier molecular flexibility index (Phi) is 4.35. The molecule has 0 aliphatic rings. The molecule has 0 atom stereocenters. The quantitative estimate of drug-likeness (QED) is 0.848. The van der Waals surface area contributed by atoms with Gasteiger partial charge in [0.2, 0.25) is 0 Å². The third-order valence-electron chi connectivity index (χ3n) is 2.45. The van der Waals surface area contributed by atoms with Crippen LogP contribution < -0.4 is 10.1 Å². The van der Waals surface area contributed by atoms with Gasteiger partial charge >= 0.3 is 0 Å². The van der Waals surface area contributed by atoms with Crippen LogP contribution in [0, 0.1) is 0 Å². The summed E-state index contributed by atoms with van der Waals surface area (Å²) in [5.74, 6) is 0.939. The molecule has 0 unspecified atom stereocenters. The van der Waals surface area contributed by atoms with E-state index in [4.69, 9.17) is 4.74 Å². The van der Waals surface area contributed by atoms with Crippen LogP contribution in [-0.4, -0.2) is 19.6 Å². The van der Waals surface area contributed by atoms with Crippen LogP contribution in [0.2, 0.25) is 0 Å². The van der Waals surface area contributed by atoms with E-state index in [1.165, 1.54) is 0 Å². The van der Waals surface area contributed by atoms with Crippen molar-refractivity contribution in [1.29, 1.82) is 0 Å². The summed E-state index contributed by atoms with van der Waals surface area (Å²) in [5, 5.41) is 2.78. The SMILES string of the molecule is CCNC(=O)c1cccc(C(C)C)c1OC. The fourth-order valence-corrected chi connectivity index (χ4v) is 1.67. The van der Waals surface area contributed by atoms with Crippen LogP contribution in [0.1, 0.15) is 42.6 Å². The van der Waals surface area contributed by atoms with Crippen molar-refractivity contribution >= 4 is 5.91 Å². The Hall–Kier alpha value is -1.51. The molecule has 3 heteroatoms. The maximum absolute atomic E-state index is 11.8. The van der Waals surface area contributed by atoms with Gasteiger partial charge in [0.15, 0.2) is 0 Å². The van der Waals surface area contributed by atoms with E-state index in [9.17, 15) is 4.79 Å². The van der Waals surface area contributed by atoms with Gasteiger partial charge in [-0.05, 0) is 24.5 Å². The third kappa shape index (κ3) is 2.54. The monoisotopic (exact) mass is 221 g/mol. The van der Waals surface area contributed by atoms with Crippen molar-refractivity contribution in [3.8, 4) is 5.75 Å². The smallest absolute Gasteiger partial charge is 0.255 e. The second-order valence-electron chi connectivity index (χ2n) is 3.94. The zero-order valence-corrected chi connectivity index (χ0v) is 10.3. The van der Waals surface area contributed by atoms with Gasteiger partial charge < -0.3 is 10.1 Å². The van der Waals surface area contributed by atoms with Gasteiger partial charge in [-0.2, -0.15) is 0 Å². The summed E-state index contributed by atoms with van der Waals surface area (Å²) in [6, 6.07) is 5.67. The van der Waals surface area contributed by atoms with E-state index in [2.05, 4.69) is 19.2 Å². The van der Waals surface area contributed by atoms with Gasteiger partial charge in [0.25, 0.3) is 5.91 Å². The minimum Gasteiger partial charge on any atom is -0.496 e. The Bertz CT molecular complexity index is 372. The predicted octanol–water partition coefficient (Wildman–Crippen LogP) is 2.57. The number of amides is 1. The Morgan fingerprint density at radius 1 is 1.44 bits per heavy atom. The molecule has 0 saturated heterocycles. The van der Waals surface area contributed by atoms with E-state index in [1.807, 2.05) is 19.1 Å². The fourth-order valence-electron chi connectivity index (χ4n) is 1.67. The number of carbonyl (C=O) groups excluding carboxylic acids is 1. The van der Waals surface area contributed by atoms with Gasteiger partial charge in [-0.25, -0.2) is 0 Å². The standard InChI is InChI=1S/C13H19NO2/c1-5-14-13(15)11-8-6-7-10(9(2)3)12(11)16-4/h6-9H,5H2,1-4H3,(H,14,15). The minimum absolute atomic E-state index is 0.0816. The summed E-state index contributed by atoms with van der Waals surface area (Å²) in [5.41, 5.74) is 1.67. The van der Waals surface area contributed by atoms with E-state index in [0.717, 1.165) is 5.56 Å². The summed E-state index contributed by atoms with van der Waals surface area (Å²) in [6.45, 7) is 6.68. The van der Waals surface area contributed by atoms with E-state index >= 15 is 0 Å². The summed E-state index contributed by atoms with van der Waals surface area (Å²) >= 11 is 0. The number of carbonyl (C=O) groups is 1. The first kappa shape index (κ1) is 12.6. The molecule has 1 aromatic carbocycles. The molecule has 16 heavy (non-hydrogen) atoms. The molecule has 0 bridgehead atoms. The molecule has 1 aromatic rings. The van der Waals surface area contributed by atoms with Gasteiger partial charge in [-0.1, -0.05) is 26.0 Å². The molecule has 0 aromatic heterocycles. The first-order valence-corrected chi connectivity index (χ1v) is 5.56. The minimum atomic E-state index is -0.0816. The van der Waals surface area contributed by atoms with Crippen molar-refractivity contribution in [2.24, 2.45) is 0 Å². The number of rotatable bonds is 4. The van der Waals surface area contributed by atoms with Crippen LogP contribution in [0.25, 0.3) is 0 Å². The lowest BCUT2D eigenvalue weighted by molar-refractivity contribution is 0.0952. The topological polar surface area (TPSA) is 38.3 Å². The van der Waals surface area contributed by atoms with E-state index in [1.54, 1.807) is 13.2 Å². The Balaban J connectivity index is 3.18. The first-order valence-electron chi connectivity index (χ1n) is 5.56. The maximum Gasteiger partial charge on any atom is 0.255 e. The number of ether oxygens (including phenoxy) is 1. The molecule has 3 nitrogen and oxygen atoms in total. The number of benzene rings is 1. The van der Waals surface area contributed by atoms with E-state index in [-0.39, 0.29) is 5.91 Å². The predicted molar refractivity (Wildman–Crippen MR) is 65.1 cm³/mol. The Labute approximate surface area is 96.8 Å². The number of hydrogen-bond acceptors (Lipinski definition) is 2. The lowest BCUT2D eigenvalue weighted by Gasteiger charge is -2.15. The van der Waals surface area contributed by atoms with Gasteiger partial charge in [0, 0.05) is 6.54 Å². The second-order valence-corrected chi connectivity index (χ2v) is 3.94. The van der Waals surface area contributed by atoms with Crippen LogP contribution >= 0.6 is 0 Å². The van der Waals surface area contributed by atoms with Crippen molar-refractivity contribution in [1.82, 2.24) is 5.32 Å². The molecule has 0 aliphatic carbocycles. The highest BCUT2D eigenvalue weighted by atomic mass is 16.5. The molecule has 0 saturated carbocycles. The van der Waals surface area contributed by atoms with Crippen molar-refractivity contribution in [3.05, 3.63) is 29.3 Å². The van der Waals surface area contributed by atoms with Crippen molar-refractivity contribution in [2.45, 2.75) is 26.7 Å². The molecule has 1 rings (SSSR count). The molecule has 1 amide bonds. The van der Waals surface area contributed by atoms with Crippen molar-refractivity contribution < 1.29 is 9.53 Å². The van der Waals surface area contributed by atoms with Gasteiger partial charge in [0.1, 0.15) is 5.75 Å².